The minimum atomic E-state index is -4.74. The number of alkyl halides is 6. The van der Waals surface area contributed by atoms with Crippen molar-refractivity contribution in [2.24, 2.45) is 5.92 Å². The highest BCUT2D eigenvalue weighted by Gasteiger charge is 2.41. The lowest BCUT2D eigenvalue weighted by Crippen LogP contribution is -2.26. The molecule has 1 rings (SSSR count). The van der Waals surface area contributed by atoms with Crippen molar-refractivity contribution in [3.8, 4) is 0 Å². The van der Waals surface area contributed by atoms with E-state index in [1.54, 1.807) is 0 Å². The van der Waals surface area contributed by atoms with Crippen molar-refractivity contribution in [3.63, 3.8) is 0 Å². The van der Waals surface area contributed by atoms with Crippen molar-refractivity contribution < 1.29 is 26.3 Å². The van der Waals surface area contributed by atoms with Crippen LogP contribution in [0.5, 0.6) is 0 Å². The summed E-state index contributed by atoms with van der Waals surface area (Å²) in [6.45, 7) is 1.42. The van der Waals surface area contributed by atoms with Gasteiger partial charge in [-0.3, -0.25) is 0 Å². The number of halogens is 6. The van der Waals surface area contributed by atoms with E-state index in [4.69, 9.17) is 0 Å². The monoisotopic (exact) mass is 243 g/mol. The summed E-state index contributed by atoms with van der Waals surface area (Å²) >= 11 is 0. The molecule has 0 aromatic heterocycles. The van der Waals surface area contributed by atoms with Gasteiger partial charge in [0, 0.05) is 0 Å². The quantitative estimate of drug-likeness (QED) is 0.478. The molecule has 0 N–H and O–H groups in total. The normalized spacial score (nSPS) is 22.6. The van der Waals surface area contributed by atoms with Crippen molar-refractivity contribution in [1.82, 2.24) is 0 Å². The Kier molecular flexibility index (Phi) is 3.30. The van der Waals surface area contributed by atoms with Crippen molar-refractivity contribution >= 4 is 0 Å². The fraction of sp³-hybridized carbons (Fsp3) is 0.500. The third kappa shape index (κ3) is 2.96. The molecule has 1 aliphatic carbocycles. The zero-order valence-corrected chi connectivity index (χ0v) is 8.28. The lowest BCUT2D eigenvalue weighted by molar-refractivity contribution is -0.162. The molecule has 0 spiro atoms. The van der Waals surface area contributed by atoms with Crippen molar-refractivity contribution in [2.45, 2.75) is 25.7 Å². The van der Waals surface area contributed by atoms with Crippen LogP contribution in [0.25, 0.3) is 0 Å². The van der Waals surface area contributed by atoms with Crippen LogP contribution < -0.4 is 0 Å². The molecule has 92 valence electrons. The number of rotatable bonds is 1. The Morgan fingerprint density at radius 2 is 1.75 bits per heavy atom. The van der Waals surface area contributed by atoms with Crippen molar-refractivity contribution in [1.29, 1.82) is 0 Å². The van der Waals surface area contributed by atoms with E-state index in [1.165, 1.54) is 13.3 Å². The summed E-state index contributed by atoms with van der Waals surface area (Å²) < 4.78 is 74.0. The third-order valence-corrected chi connectivity index (χ3v) is 2.30. The van der Waals surface area contributed by atoms with E-state index in [-0.39, 0.29) is 11.6 Å². The molecule has 6 heteroatoms. The fourth-order valence-corrected chi connectivity index (χ4v) is 1.42. The summed E-state index contributed by atoms with van der Waals surface area (Å²) in [5.41, 5.74) is -1.17. The molecule has 0 aliphatic heterocycles. The highest BCUT2D eigenvalue weighted by atomic mass is 19.4. The maximum atomic E-state index is 12.4. The summed E-state index contributed by atoms with van der Waals surface area (Å²) in [4.78, 5) is 0. The highest BCUT2D eigenvalue weighted by molar-refractivity contribution is 5.36. The van der Waals surface area contributed by atoms with Crippen LogP contribution in [-0.2, 0) is 0 Å². The largest absolute Gasteiger partial charge is 0.400 e. The van der Waals surface area contributed by atoms with Gasteiger partial charge in [-0.05, 0) is 12.0 Å². The van der Waals surface area contributed by atoms with Gasteiger partial charge in [0.05, 0.1) is 5.92 Å². The Hall–Kier alpha value is -1.07. The maximum absolute atomic E-state index is 12.4. The van der Waals surface area contributed by atoms with Gasteiger partial charge in [0.25, 0.3) is 0 Å². The van der Waals surface area contributed by atoms with Gasteiger partial charge in [0.15, 0.2) is 0 Å². The molecule has 0 saturated heterocycles. The average Bonchev–Trinajstić information content (AvgIpc) is 2.14. The fourth-order valence-electron chi connectivity index (χ4n) is 1.42. The van der Waals surface area contributed by atoms with Crippen molar-refractivity contribution in [3.05, 3.63) is 29.7 Å². The smallest absolute Gasteiger partial charge is 0.230 e. The van der Waals surface area contributed by atoms with Crippen LogP contribution in [0, 0.1) is 12.3 Å². The number of allylic oxidation sites excluding steroid dienone is 4. The zero-order valence-electron chi connectivity index (χ0n) is 8.28. The molecule has 0 nitrogen and oxygen atoms in total. The first-order valence-electron chi connectivity index (χ1n) is 4.50. The predicted octanol–water partition coefficient (Wildman–Crippen LogP) is 4.21. The molecular formula is C10H9F6-. The molecule has 1 atom stereocenters. The maximum Gasteiger partial charge on any atom is 0.400 e. The van der Waals surface area contributed by atoms with E-state index in [0.29, 0.717) is 0 Å². The van der Waals surface area contributed by atoms with E-state index in [1.807, 2.05) is 0 Å². The Labute approximate surface area is 88.6 Å². The number of hydrogen-bond acceptors (Lipinski definition) is 0. The summed E-state index contributed by atoms with van der Waals surface area (Å²) in [7, 11) is 0. The molecule has 0 aromatic rings. The minimum Gasteiger partial charge on any atom is -0.230 e. The molecule has 0 aromatic carbocycles. The van der Waals surface area contributed by atoms with E-state index in [2.05, 4.69) is 0 Å². The molecule has 0 amide bonds. The van der Waals surface area contributed by atoms with Gasteiger partial charge in [0.1, 0.15) is 0 Å². The first-order valence-corrected chi connectivity index (χ1v) is 4.50. The van der Waals surface area contributed by atoms with Crippen LogP contribution in [0.3, 0.4) is 0 Å². The lowest BCUT2D eigenvalue weighted by atomic mass is 9.88. The second-order valence-corrected chi connectivity index (χ2v) is 3.48. The second-order valence-electron chi connectivity index (χ2n) is 3.48. The van der Waals surface area contributed by atoms with Gasteiger partial charge in [0.2, 0.25) is 0 Å². The highest BCUT2D eigenvalue weighted by Crippen LogP contribution is 2.40. The molecule has 1 aliphatic rings. The third-order valence-electron chi connectivity index (χ3n) is 2.30. The van der Waals surface area contributed by atoms with Crippen LogP contribution in [0.15, 0.2) is 23.3 Å². The molecule has 16 heavy (non-hydrogen) atoms. The zero-order chi connectivity index (χ0) is 12.6. The second kappa shape index (κ2) is 4.07. The van der Waals surface area contributed by atoms with E-state index in [0.717, 1.165) is 6.08 Å². The average molecular weight is 243 g/mol. The summed E-state index contributed by atoms with van der Waals surface area (Å²) in [5.74, 6) is -2.06. The molecule has 0 radical (unpaired) electrons. The minimum absolute atomic E-state index is 0.0529. The molecule has 1 unspecified atom stereocenters. The summed E-state index contributed by atoms with van der Waals surface area (Å²) in [6.07, 6.45) is -7.55. The Bertz CT molecular complexity index is 317. The van der Waals surface area contributed by atoms with Gasteiger partial charge in [-0.15, -0.1) is 6.92 Å². The first kappa shape index (κ1) is 13.0. The Morgan fingerprint density at radius 1 is 1.19 bits per heavy atom. The van der Waals surface area contributed by atoms with Gasteiger partial charge >= 0.3 is 12.4 Å². The van der Waals surface area contributed by atoms with Crippen molar-refractivity contribution in [2.75, 3.05) is 0 Å². The summed E-state index contributed by atoms with van der Waals surface area (Å²) in [6, 6.07) is 0. The van der Waals surface area contributed by atoms with E-state index < -0.39 is 30.3 Å². The standard InChI is InChI=1S/C10H9F6/c1-2-6-3-7(9(11,12)13)5-8(4-6)10(14,15)16/h2-3,5,8H,4H2,1H3/q-1. The Morgan fingerprint density at radius 3 is 2.12 bits per heavy atom. The first-order chi connectivity index (χ1) is 7.14. The van der Waals surface area contributed by atoms with E-state index >= 15 is 0 Å². The van der Waals surface area contributed by atoms with Gasteiger partial charge < -0.3 is 0 Å². The molecule has 0 fully saturated rings. The van der Waals surface area contributed by atoms with Gasteiger partial charge in [-0.1, -0.05) is 6.08 Å². The van der Waals surface area contributed by atoms with Crippen LogP contribution in [0.2, 0.25) is 0 Å². The van der Waals surface area contributed by atoms with Crippen LogP contribution in [0.4, 0.5) is 26.3 Å². The molecule has 0 bridgehead atoms. The van der Waals surface area contributed by atoms with E-state index in [9.17, 15) is 26.3 Å². The molecule has 0 heterocycles. The molecule has 0 saturated carbocycles. The molecular weight excluding hydrogens is 234 g/mol. The van der Waals surface area contributed by atoms with Crippen LogP contribution in [0.1, 0.15) is 13.3 Å². The SMILES string of the molecule is C[CH-]C1=CC(C(F)(F)F)=CC(C(F)(F)F)C1. The topological polar surface area (TPSA) is 0 Å². The lowest BCUT2D eigenvalue weighted by Gasteiger charge is -2.29. The predicted molar refractivity (Wildman–Crippen MR) is 46.4 cm³/mol. The Balaban J connectivity index is 3.05. The van der Waals surface area contributed by atoms with Gasteiger partial charge in [-0.2, -0.15) is 32.4 Å². The van der Waals surface area contributed by atoms with Crippen LogP contribution in [-0.4, -0.2) is 12.4 Å². The summed E-state index contributed by atoms with van der Waals surface area (Å²) in [5, 5.41) is 0. The van der Waals surface area contributed by atoms with Gasteiger partial charge in [-0.25, -0.2) is 12.0 Å². The van der Waals surface area contributed by atoms with Crippen LogP contribution >= 0.6 is 0 Å². The number of hydrogen-bond donors (Lipinski definition) is 0.